The van der Waals surface area contributed by atoms with E-state index < -0.39 is 0 Å². The lowest BCUT2D eigenvalue weighted by molar-refractivity contribution is 0.292. The molecule has 1 fully saturated rings. The van der Waals surface area contributed by atoms with Crippen molar-refractivity contribution in [3.05, 3.63) is 29.3 Å². The molecular formula is C11H15NO. The molecule has 0 aromatic heterocycles. The van der Waals surface area contributed by atoms with Gasteiger partial charge in [0.15, 0.2) is 0 Å². The van der Waals surface area contributed by atoms with E-state index in [-0.39, 0.29) is 12.1 Å². The molecular weight excluding hydrogens is 162 g/mol. The van der Waals surface area contributed by atoms with Crippen LogP contribution in [0.2, 0.25) is 0 Å². The van der Waals surface area contributed by atoms with Crippen molar-refractivity contribution in [1.82, 2.24) is 0 Å². The van der Waals surface area contributed by atoms with E-state index in [2.05, 4.69) is 26.0 Å². The second-order valence-electron chi connectivity index (χ2n) is 3.78. The van der Waals surface area contributed by atoms with E-state index in [9.17, 15) is 0 Å². The largest absolute Gasteiger partial charge is 0.488 e. The highest BCUT2D eigenvalue weighted by atomic mass is 16.5. The number of hydrogen-bond acceptors (Lipinski definition) is 2. The summed E-state index contributed by atoms with van der Waals surface area (Å²) in [6.07, 6.45) is 1.24. The van der Waals surface area contributed by atoms with Crippen molar-refractivity contribution in [2.75, 3.05) is 0 Å². The van der Waals surface area contributed by atoms with Crippen molar-refractivity contribution in [2.45, 2.75) is 32.4 Å². The van der Waals surface area contributed by atoms with Crippen molar-refractivity contribution in [3.63, 3.8) is 0 Å². The van der Waals surface area contributed by atoms with Gasteiger partial charge in [-0.3, -0.25) is 0 Å². The van der Waals surface area contributed by atoms with E-state index in [1.807, 2.05) is 6.07 Å². The van der Waals surface area contributed by atoms with Gasteiger partial charge in [-0.05, 0) is 25.0 Å². The van der Waals surface area contributed by atoms with Gasteiger partial charge in [-0.2, -0.15) is 0 Å². The summed E-state index contributed by atoms with van der Waals surface area (Å²) in [4.78, 5) is 0. The molecule has 0 radical (unpaired) electrons. The minimum Gasteiger partial charge on any atom is -0.488 e. The Balaban J connectivity index is 2.18. The van der Waals surface area contributed by atoms with Crippen LogP contribution in [0.3, 0.4) is 0 Å². The molecule has 0 amide bonds. The highest BCUT2D eigenvalue weighted by Crippen LogP contribution is 2.30. The average molecular weight is 177 g/mol. The molecule has 0 spiro atoms. The van der Waals surface area contributed by atoms with Gasteiger partial charge in [-0.15, -0.1) is 0 Å². The van der Waals surface area contributed by atoms with Crippen molar-refractivity contribution in [2.24, 2.45) is 5.73 Å². The maximum Gasteiger partial charge on any atom is 0.125 e. The van der Waals surface area contributed by atoms with Crippen molar-refractivity contribution in [3.8, 4) is 5.75 Å². The quantitative estimate of drug-likeness (QED) is 0.747. The summed E-state index contributed by atoms with van der Waals surface area (Å²) in [6, 6.07) is 6.43. The molecule has 0 heterocycles. The SMILES string of the molecule is Cc1cccc(C)c1OC1CC1N. The summed E-state index contributed by atoms with van der Waals surface area (Å²) < 4.78 is 5.77. The summed E-state index contributed by atoms with van der Waals surface area (Å²) in [7, 11) is 0. The molecule has 2 atom stereocenters. The van der Waals surface area contributed by atoms with E-state index in [4.69, 9.17) is 10.5 Å². The fourth-order valence-electron chi connectivity index (χ4n) is 1.46. The van der Waals surface area contributed by atoms with Crippen LogP contribution < -0.4 is 10.5 Å². The minimum atomic E-state index is 0.249. The van der Waals surface area contributed by atoms with Crippen LogP contribution in [0.15, 0.2) is 18.2 Å². The number of hydrogen-bond donors (Lipinski definition) is 1. The predicted molar refractivity (Wildman–Crippen MR) is 52.9 cm³/mol. The normalized spacial score (nSPS) is 25.8. The Kier molecular flexibility index (Phi) is 2.00. The third kappa shape index (κ3) is 1.68. The first-order valence-electron chi connectivity index (χ1n) is 4.67. The lowest BCUT2D eigenvalue weighted by atomic mass is 10.1. The van der Waals surface area contributed by atoms with Crippen molar-refractivity contribution >= 4 is 0 Å². The van der Waals surface area contributed by atoms with Crippen LogP contribution in [0.25, 0.3) is 0 Å². The smallest absolute Gasteiger partial charge is 0.125 e. The van der Waals surface area contributed by atoms with Gasteiger partial charge in [0.1, 0.15) is 11.9 Å². The standard InChI is InChI=1S/C11H15NO/c1-7-4-3-5-8(2)11(7)13-10-6-9(10)12/h3-5,9-10H,6,12H2,1-2H3. The summed E-state index contributed by atoms with van der Waals surface area (Å²) in [5.41, 5.74) is 8.08. The Morgan fingerprint density at radius 2 is 1.85 bits per heavy atom. The molecule has 2 rings (SSSR count). The molecule has 2 nitrogen and oxygen atoms in total. The second kappa shape index (κ2) is 3.04. The Morgan fingerprint density at radius 1 is 1.31 bits per heavy atom. The molecule has 1 saturated carbocycles. The van der Waals surface area contributed by atoms with Gasteiger partial charge in [0, 0.05) is 12.5 Å². The van der Waals surface area contributed by atoms with Gasteiger partial charge in [0.2, 0.25) is 0 Å². The van der Waals surface area contributed by atoms with Gasteiger partial charge in [-0.1, -0.05) is 18.2 Å². The third-order valence-corrected chi connectivity index (χ3v) is 2.46. The Hall–Kier alpha value is -1.02. The molecule has 2 N–H and O–H groups in total. The number of ether oxygens (including phenoxy) is 1. The highest BCUT2D eigenvalue weighted by molar-refractivity contribution is 5.40. The van der Waals surface area contributed by atoms with E-state index in [0.717, 1.165) is 12.2 Å². The minimum absolute atomic E-state index is 0.249. The lowest BCUT2D eigenvalue weighted by Crippen LogP contribution is -2.11. The van der Waals surface area contributed by atoms with Crippen LogP contribution in [0.4, 0.5) is 0 Å². The summed E-state index contributed by atoms with van der Waals surface area (Å²) in [5.74, 6) is 1.01. The molecule has 1 aromatic rings. The van der Waals surface area contributed by atoms with E-state index in [1.165, 1.54) is 11.1 Å². The first kappa shape index (κ1) is 8.57. The molecule has 2 heteroatoms. The van der Waals surface area contributed by atoms with Gasteiger partial charge in [-0.25, -0.2) is 0 Å². The molecule has 1 aliphatic rings. The fourth-order valence-corrected chi connectivity index (χ4v) is 1.46. The van der Waals surface area contributed by atoms with Crippen LogP contribution in [0.1, 0.15) is 17.5 Å². The average Bonchev–Trinajstić information content (AvgIpc) is 2.75. The Bertz CT molecular complexity index is 302. The van der Waals surface area contributed by atoms with Gasteiger partial charge >= 0.3 is 0 Å². The van der Waals surface area contributed by atoms with Gasteiger partial charge < -0.3 is 10.5 Å². The molecule has 0 saturated heterocycles. The van der Waals surface area contributed by atoms with Crippen LogP contribution in [-0.4, -0.2) is 12.1 Å². The predicted octanol–water partition coefficient (Wildman–Crippen LogP) is 1.78. The number of nitrogens with two attached hydrogens (primary N) is 1. The Morgan fingerprint density at radius 3 is 2.31 bits per heavy atom. The first-order valence-corrected chi connectivity index (χ1v) is 4.67. The zero-order valence-corrected chi connectivity index (χ0v) is 8.08. The van der Waals surface area contributed by atoms with Crippen LogP contribution in [0, 0.1) is 13.8 Å². The van der Waals surface area contributed by atoms with E-state index >= 15 is 0 Å². The lowest BCUT2D eigenvalue weighted by Gasteiger charge is -2.10. The van der Waals surface area contributed by atoms with Crippen LogP contribution >= 0.6 is 0 Å². The van der Waals surface area contributed by atoms with Gasteiger partial charge in [0.25, 0.3) is 0 Å². The summed E-state index contributed by atoms with van der Waals surface area (Å²) >= 11 is 0. The number of benzene rings is 1. The van der Waals surface area contributed by atoms with Crippen LogP contribution in [0.5, 0.6) is 5.75 Å². The topological polar surface area (TPSA) is 35.2 Å². The fraction of sp³-hybridized carbons (Fsp3) is 0.455. The van der Waals surface area contributed by atoms with Crippen molar-refractivity contribution in [1.29, 1.82) is 0 Å². The molecule has 0 bridgehead atoms. The maximum atomic E-state index is 5.77. The highest BCUT2D eigenvalue weighted by Gasteiger charge is 2.36. The number of para-hydroxylation sites is 1. The zero-order valence-electron chi connectivity index (χ0n) is 8.08. The summed E-state index contributed by atoms with van der Waals surface area (Å²) in [6.45, 7) is 4.13. The van der Waals surface area contributed by atoms with Gasteiger partial charge in [0.05, 0.1) is 0 Å². The number of aryl methyl sites for hydroxylation is 2. The second-order valence-corrected chi connectivity index (χ2v) is 3.78. The van der Waals surface area contributed by atoms with Crippen LogP contribution in [-0.2, 0) is 0 Å². The molecule has 70 valence electrons. The first-order chi connectivity index (χ1) is 6.18. The maximum absolute atomic E-state index is 5.77. The van der Waals surface area contributed by atoms with E-state index in [0.29, 0.717) is 0 Å². The summed E-state index contributed by atoms with van der Waals surface area (Å²) in [5, 5.41) is 0. The molecule has 2 unspecified atom stereocenters. The molecule has 0 aliphatic heterocycles. The monoisotopic (exact) mass is 177 g/mol. The van der Waals surface area contributed by atoms with E-state index in [1.54, 1.807) is 0 Å². The number of rotatable bonds is 2. The third-order valence-electron chi connectivity index (χ3n) is 2.46. The van der Waals surface area contributed by atoms with Crippen molar-refractivity contribution < 1.29 is 4.74 Å². The molecule has 13 heavy (non-hydrogen) atoms. The molecule has 1 aliphatic carbocycles. The zero-order chi connectivity index (χ0) is 9.42. The molecule has 1 aromatic carbocycles. The Labute approximate surface area is 78.7 Å².